The summed E-state index contributed by atoms with van der Waals surface area (Å²) in [6.07, 6.45) is 1.84. The lowest BCUT2D eigenvalue weighted by atomic mass is 10.2. The molecule has 2 aliphatic rings. The van der Waals surface area contributed by atoms with E-state index >= 15 is 0 Å². The van der Waals surface area contributed by atoms with E-state index in [-0.39, 0.29) is 11.4 Å². The van der Waals surface area contributed by atoms with E-state index in [1.54, 1.807) is 25.1 Å². The highest BCUT2D eigenvalue weighted by molar-refractivity contribution is 7.91. The van der Waals surface area contributed by atoms with E-state index in [0.717, 1.165) is 4.31 Å². The van der Waals surface area contributed by atoms with Gasteiger partial charge in [0.2, 0.25) is 20.0 Å². The van der Waals surface area contributed by atoms with E-state index in [2.05, 4.69) is 4.72 Å². The first-order valence-corrected chi connectivity index (χ1v) is 10.7. The van der Waals surface area contributed by atoms with Crippen molar-refractivity contribution in [2.45, 2.75) is 48.3 Å². The summed E-state index contributed by atoms with van der Waals surface area (Å²) >= 11 is 0. The highest BCUT2D eigenvalue weighted by Gasteiger charge is 2.52. The predicted octanol–water partition coefficient (Wildman–Crippen LogP) is 0.838. The Hall–Kier alpha value is -1.45. The molecule has 1 aromatic carbocycles. The molecule has 1 heterocycles. The average molecular weight is 372 g/mol. The Balaban J connectivity index is 1.82. The lowest BCUT2D eigenvalue weighted by Gasteiger charge is -2.24. The summed E-state index contributed by atoms with van der Waals surface area (Å²) in [5, 5.41) is 0. The van der Waals surface area contributed by atoms with E-state index in [9.17, 15) is 21.6 Å². The molecule has 132 valence electrons. The van der Waals surface area contributed by atoms with Crippen LogP contribution in [0.5, 0.6) is 0 Å². The van der Waals surface area contributed by atoms with Gasteiger partial charge in [0, 0.05) is 6.54 Å². The number of carbonyl (C=O) groups is 1. The van der Waals surface area contributed by atoms with Crippen LogP contribution in [-0.2, 0) is 24.8 Å². The Labute approximate surface area is 142 Å². The van der Waals surface area contributed by atoms with Crippen LogP contribution >= 0.6 is 0 Å². The molecule has 0 radical (unpaired) electrons. The molecule has 7 nitrogen and oxygen atoms in total. The number of rotatable bonds is 5. The van der Waals surface area contributed by atoms with Crippen molar-refractivity contribution < 1.29 is 21.6 Å². The van der Waals surface area contributed by atoms with Gasteiger partial charge in [-0.3, -0.25) is 9.52 Å². The summed E-state index contributed by atoms with van der Waals surface area (Å²) < 4.78 is 52.1. The van der Waals surface area contributed by atoms with Gasteiger partial charge in [-0.15, -0.1) is 0 Å². The van der Waals surface area contributed by atoms with Crippen LogP contribution in [-0.4, -0.2) is 44.4 Å². The van der Waals surface area contributed by atoms with E-state index in [4.69, 9.17) is 0 Å². The summed E-state index contributed by atoms with van der Waals surface area (Å²) in [4.78, 5) is 12.5. The van der Waals surface area contributed by atoms with Crippen molar-refractivity contribution in [1.82, 2.24) is 9.03 Å². The third-order valence-corrected chi connectivity index (χ3v) is 8.79. The van der Waals surface area contributed by atoms with Crippen LogP contribution in [0.1, 0.15) is 32.6 Å². The first-order valence-electron chi connectivity index (χ1n) is 7.80. The zero-order chi connectivity index (χ0) is 17.6. The topological polar surface area (TPSA) is 101 Å². The minimum atomic E-state index is -3.83. The lowest BCUT2D eigenvalue weighted by molar-refractivity contribution is -0.122. The largest absolute Gasteiger partial charge is 0.272 e. The van der Waals surface area contributed by atoms with Crippen molar-refractivity contribution in [3.05, 3.63) is 30.3 Å². The van der Waals surface area contributed by atoms with Gasteiger partial charge < -0.3 is 0 Å². The highest BCUT2D eigenvalue weighted by atomic mass is 32.2. The molecule has 0 aromatic heterocycles. The molecule has 1 saturated carbocycles. The molecule has 1 atom stereocenters. The summed E-state index contributed by atoms with van der Waals surface area (Å²) in [6.45, 7) is 1.78. The van der Waals surface area contributed by atoms with Crippen molar-refractivity contribution in [3.63, 3.8) is 0 Å². The number of hydrogen-bond donors (Lipinski definition) is 1. The molecule has 2 fully saturated rings. The lowest BCUT2D eigenvalue weighted by Crippen LogP contribution is -2.49. The van der Waals surface area contributed by atoms with Gasteiger partial charge in [-0.1, -0.05) is 18.2 Å². The van der Waals surface area contributed by atoms with Gasteiger partial charge >= 0.3 is 0 Å². The number of nitrogens with one attached hydrogen (secondary N) is 1. The van der Waals surface area contributed by atoms with Crippen LogP contribution in [0.25, 0.3) is 0 Å². The maximum atomic E-state index is 12.7. The van der Waals surface area contributed by atoms with Crippen molar-refractivity contribution in [3.8, 4) is 0 Å². The fourth-order valence-electron chi connectivity index (χ4n) is 2.79. The molecule has 1 aromatic rings. The second kappa shape index (κ2) is 5.82. The summed E-state index contributed by atoms with van der Waals surface area (Å²) in [6, 6.07) is 6.85. The Morgan fingerprint density at radius 3 is 2.38 bits per heavy atom. The summed E-state index contributed by atoms with van der Waals surface area (Å²) in [5.74, 6) is -0.764. The van der Waals surface area contributed by atoms with Crippen LogP contribution in [0.3, 0.4) is 0 Å². The van der Waals surface area contributed by atoms with E-state index < -0.39 is 36.7 Å². The van der Waals surface area contributed by atoms with Crippen molar-refractivity contribution in [2.75, 3.05) is 6.54 Å². The van der Waals surface area contributed by atoms with Gasteiger partial charge in [-0.2, -0.15) is 4.31 Å². The number of amides is 1. The molecule has 1 amide bonds. The fourth-order valence-corrected chi connectivity index (χ4v) is 5.75. The van der Waals surface area contributed by atoms with Crippen LogP contribution in [0.2, 0.25) is 0 Å². The van der Waals surface area contributed by atoms with E-state index in [0.29, 0.717) is 25.7 Å². The zero-order valence-electron chi connectivity index (χ0n) is 13.3. The van der Waals surface area contributed by atoms with Crippen molar-refractivity contribution >= 4 is 26.0 Å². The zero-order valence-corrected chi connectivity index (χ0v) is 14.9. The van der Waals surface area contributed by atoms with Gasteiger partial charge in [0.05, 0.1) is 9.64 Å². The second-order valence-electron chi connectivity index (χ2n) is 6.51. The second-order valence-corrected chi connectivity index (χ2v) is 10.6. The Kier molecular flexibility index (Phi) is 4.21. The summed E-state index contributed by atoms with van der Waals surface area (Å²) in [5.41, 5.74) is 0. The van der Waals surface area contributed by atoms with Crippen molar-refractivity contribution in [1.29, 1.82) is 0 Å². The van der Waals surface area contributed by atoms with Crippen LogP contribution < -0.4 is 4.72 Å². The SMILES string of the molecule is CC1(S(=O)(=O)NC(=O)[C@H]2CCCN2S(=O)(=O)c2ccccc2)CC1. The quantitative estimate of drug-likeness (QED) is 0.825. The van der Waals surface area contributed by atoms with Gasteiger partial charge in [-0.05, 0) is 44.7 Å². The number of carbonyl (C=O) groups excluding carboxylic acids is 1. The van der Waals surface area contributed by atoms with Crippen LogP contribution in [0.15, 0.2) is 35.2 Å². The van der Waals surface area contributed by atoms with Gasteiger partial charge in [0.25, 0.3) is 5.91 Å². The Bertz CT molecular complexity index is 845. The monoisotopic (exact) mass is 372 g/mol. The molecule has 3 rings (SSSR count). The Morgan fingerprint density at radius 2 is 1.79 bits per heavy atom. The number of sulfonamides is 2. The molecule has 0 spiro atoms. The molecule has 1 aliphatic carbocycles. The maximum absolute atomic E-state index is 12.7. The smallest absolute Gasteiger partial charge is 0.251 e. The van der Waals surface area contributed by atoms with Gasteiger partial charge in [0.1, 0.15) is 6.04 Å². The standard InChI is InChI=1S/C15H20N2O5S2/c1-15(9-10-15)24(21,22)16-14(18)13-8-5-11-17(13)23(19,20)12-6-3-2-4-7-12/h2-4,6-7,13H,5,8-11H2,1H3,(H,16,18)/t13-/m1/s1. The van der Waals surface area contributed by atoms with E-state index in [1.807, 2.05) is 0 Å². The Morgan fingerprint density at radius 1 is 1.17 bits per heavy atom. The maximum Gasteiger partial charge on any atom is 0.251 e. The van der Waals surface area contributed by atoms with E-state index in [1.165, 1.54) is 12.1 Å². The minimum absolute atomic E-state index is 0.0988. The number of nitrogens with zero attached hydrogens (tertiary/aromatic N) is 1. The van der Waals surface area contributed by atoms with Crippen LogP contribution in [0, 0.1) is 0 Å². The third kappa shape index (κ3) is 2.96. The molecule has 0 bridgehead atoms. The first-order chi connectivity index (χ1) is 11.2. The highest BCUT2D eigenvalue weighted by Crippen LogP contribution is 2.42. The number of hydrogen-bond acceptors (Lipinski definition) is 5. The van der Waals surface area contributed by atoms with Gasteiger partial charge in [-0.25, -0.2) is 16.8 Å². The first kappa shape index (κ1) is 17.4. The van der Waals surface area contributed by atoms with Crippen molar-refractivity contribution in [2.24, 2.45) is 0 Å². The molecule has 9 heteroatoms. The molecule has 24 heavy (non-hydrogen) atoms. The molecular formula is C15H20N2O5S2. The van der Waals surface area contributed by atoms with Gasteiger partial charge in [0.15, 0.2) is 0 Å². The van der Waals surface area contributed by atoms with Crippen LogP contribution in [0.4, 0.5) is 0 Å². The third-order valence-electron chi connectivity index (χ3n) is 4.69. The normalized spacial score (nSPS) is 23.8. The molecule has 1 aliphatic heterocycles. The molecule has 1 saturated heterocycles. The average Bonchev–Trinajstić information content (AvgIpc) is 3.11. The minimum Gasteiger partial charge on any atom is -0.272 e. The predicted molar refractivity (Wildman–Crippen MR) is 88.1 cm³/mol. The molecule has 0 unspecified atom stereocenters. The number of benzene rings is 1. The summed E-state index contributed by atoms with van der Waals surface area (Å²) in [7, 11) is -7.61. The molecule has 1 N–H and O–H groups in total. The fraction of sp³-hybridized carbons (Fsp3) is 0.533. The molecular weight excluding hydrogens is 352 g/mol.